The zero-order valence-corrected chi connectivity index (χ0v) is 30.1. The summed E-state index contributed by atoms with van der Waals surface area (Å²) in [7, 11) is -4.27. The number of nitrogens with zero attached hydrogens (tertiary/aromatic N) is 1. The van der Waals surface area contributed by atoms with E-state index in [2.05, 4.69) is 33.9 Å². The SMILES string of the molecule is CCCCCCCCCCCCCCCCC1COC(COC(=O)NCCCC[n+]2ccsc2)C1.Cc1ccc(S(=O)(=O)[O-])cc1. The van der Waals surface area contributed by atoms with E-state index in [1.165, 1.54) is 108 Å². The normalized spacial score (nSPS) is 16.2. The van der Waals surface area contributed by atoms with Crippen molar-refractivity contribution in [1.82, 2.24) is 5.32 Å². The fraction of sp³-hybridized carbons (Fsp3) is 0.722. The summed E-state index contributed by atoms with van der Waals surface area (Å²) in [6.07, 6.45) is 25.8. The minimum absolute atomic E-state index is 0.0763. The molecular weight excluding hydrogens is 621 g/mol. The van der Waals surface area contributed by atoms with Crippen LogP contribution in [0.25, 0.3) is 0 Å². The van der Waals surface area contributed by atoms with Crippen LogP contribution < -0.4 is 9.88 Å². The molecule has 46 heavy (non-hydrogen) atoms. The van der Waals surface area contributed by atoms with Gasteiger partial charge in [0.05, 0.1) is 23.0 Å². The molecule has 1 amide bonds. The number of nitrogens with one attached hydrogen (secondary N) is 1. The van der Waals surface area contributed by atoms with Crippen LogP contribution in [-0.2, 0) is 26.1 Å². The largest absolute Gasteiger partial charge is 0.744 e. The lowest BCUT2D eigenvalue weighted by molar-refractivity contribution is -0.692. The van der Waals surface area contributed by atoms with Crippen LogP contribution in [-0.4, -0.2) is 44.9 Å². The molecule has 8 nitrogen and oxygen atoms in total. The van der Waals surface area contributed by atoms with Gasteiger partial charge in [-0.05, 0) is 44.2 Å². The van der Waals surface area contributed by atoms with E-state index in [4.69, 9.17) is 9.47 Å². The highest BCUT2D eigenvalue weighted by Gasteiger charge is 2.26. The average molecular weight is 681 g/mol. The highest BCUT2D eigenvalue weighted by atomic mass is 32.2. The number of unbranched alkanes of at least 4 members (excludes halogenated alkanes) is 14. The monoisotopic (exact) mass is 680 g/mol. The molecule has 0 aliphatic carbocycles. The molecule has 0 radical (unpaired) electrons. The Hall–Kier alpha value is -2.01. The summed E-state index contributed by atoms with van der Waals surface area (Å²) in [5.41, 5.74) is 3.04. The van der Waals surface area contributed by atoms with E-state index in [0.717, 1.165) is 38.0 Å². The number of aryl methyl sites for hydroxylation is 2. The third kappa shape index (κ3) is 20.3. The first-order valence-electron chi connectivity index (χ1n) is 17.7. The number of thiazole rings is 1. The van der Waals surface area contributed by atoms with Crippen molar-refractivity contribution in [1.29, 1.82) is 0 Å². The first-order valence-corrected chi connectivity index (χ1v) is 20.1. The molecule has 10 heteroatoms. The summed E-state index contributed by atoms with van der Waals surface area (Å²) >= 11 is 1.70. The maximum Gasteiger partial charge on any atom is 0.407 e. The molecule has 1 fully saturated rings. The summed E-state index contributed by atoms with van der Waals surface area (Å²) in [4.78, 5) is 11.7. The zero-order valence-electron chi connectivity index (χ0n) is 28.5. The van der Waals surface area contributed by atoms with Crippen molar-refractivity contribution in [2.24, 2.45) is 5.92 Å². The quantitative estimate of drug-likeness (QED) is 0.0715. The molecule has 1 N–H and O–H groups in total. The van der Waals surface area contributed by atoms with E-state index >= 15 is 0 Å². The molecule has 1 aromatic heterocycles. The minimum atomic E-state index is -4.27. The second-order valence-corrected chi connectivity index (χ2v) is 14.8. The molecule has 0 saturated carbocycles. The number of rotatable bonds is 23. The van der Waals surface area contributed by atoms with Gasteiger partial charge in [-0.1, -0.05) is 126 Å². The summed E-state index contributed by atoms with van der Waals surface area (Å²) in [6, 6.07) is 5.78. The predicted molar refractivity (Wildman–Crippen MR) is 185 cm³/mol. The van der Waals surface area contributed by atoms with Crippen LogP contribution in [0.4, 0.5) is 4.79 Å². The Morgan fingerprint density at radius 1 is 0.935 bits per heavy atom. The summed E-state index contributed by atoms with van der Waals surface area (Å²) in [6.45, 7) is 6.98. The van der Waals surface area contributed by atoms with E-state index in [1.54, 1.807) is 23.5 Å². The molecule has 1 aromatic carbocycles. The number of amides is 1. The molecule has 2 aromatic rings. The van der Waals surface area contributed by atoms with Gasteiger partial charge in [-0.3, -0.25) is 0 Å². The molecule has 0 spiro atoms. The number of carbonyl (C=O) groups is 1. The number of ether oxygens (including phenoxy) is 2. The number of benzene rings is 1. The topological polar surface area (TPSA) is 109 Å². The first kappa shape index (κ1) is 40.2. The van der Waals surface area contributed by atoms with Crippen molar-refractivity contribution in [3.05, 3.63) is 46.9 Å². The van der Waals surface area contributed by atoms with Crippen LogP contribution in [0, 0.1) is 12.8 Å². The Morgan fingerprint density at radius 3 is 2.11 bits per heavy atom. The van der Waals surface area contributed by atoms with Crippen molar-refractivity contribution in [2.45, 2.75) is 147 Å². The lowest BCUT2D eigenvalue weighted by Crippen LogP contribution is -2.31. The zero-order chi connectivity index (χ0) is 33.3. The average Bonchev–Trinajstić information content (AvgIpc) is 3.73. The van der Waals surface area contributed by atoms with Gasteiger partial charge in [0.25, 0.3) is 0 Å². The van der Waals surface area contributed by atoms with Gasteiger partial charge < -0.3 is 19.3 Å². The van der Waals surface area contributed by atoms with Gasteiger partial charge in [-0.15, -0.1) is 0 Å². The molecule has 2 atom stereocenters. The van der Waals surface area contributed by atoms with E-state index in [9.17, 15) is 17.8 Å². The van der Waals surface area contributed by atoms with E-state index in [0.29, 0.717) is 19.1 Å². The van der Waals surface area contributed by atoms with Gasteiger partial charge >= 0.3 is 6.09 Å². The lowest BCUT2D eigenvalue weighted by Gasteiger charge is -2.11. The number of aromatic nitrogens is 1. The lowest BCUT2D eigenvalue weighted by atomic mass is 9.97. The number of carbonyl (C=O) groups excluding carboxylic acids is 1. The van der Waals surface area contributed by atoms with Crippen molar-refractivity contribution in [3.63, 3.8) is 0 Å². The Kier molecular flexibility index (Phi) is 21.9. The van der Waals surface area contributed by atoms with Gasteiger partial charge in [0.15, 0.2) is 6.20 Å². The Morgan fingerprint density at radius 2 is 1.54 bits per heavy atom. The van der Waals surface area contributed by atoms with Crippen LogP contribution in [0.15, 0.2) is 46.2 Å². The third-order valence-corrected chi connectivity index (χ3v) is 10.0. The Labute approximate surface area is 283 Å². The van der Waals surface area contributed by atoms with Crippen LogP contribution in [0.2, 0.25) is 0 Å². The van der Waals surface area contributed by atoms with Gasteiger partial charge in [0, 0.05) is 13.0 Å². The first-order chi connectivity index (χ1) is 22.3. The summed E-state index contributed by atoms with van der Waals surface area (Å²) in [5, 5.41) is 4.93. The molecule has 3 rings (SSSR count). The molecule has 2 unspecified atom stereocenters. The highest BCUT2D eigenvalue weighted by molar-refractivity contribution is 7.85. The van der Waals surface area contributed by atoms with Crippen LogP contribution >= 0.6 is 11.3 Å². The van der Waals surface area contributed by atoms with Gasteiger partial charge in [0.1, 0.15) is 23.3 Å². The van der Waals surface area contributed by atoms with Crippen molar-refractivity contribution >= 4 is 27.5 Å². The molecule has 1 aliphatic heterocycles. The smallest absolute Gasteiger partial charge is 0.407 e. The van der Waals surface area contributed by atoms with E-state index in [1.807, 2.05) is 6.92 Å². The van der Waals surface area contributed by atoms with Gasteiger partial charge in [-0.25, -0.2) is 13.2 Å². The van der Waals surface area contributed by atoms with Crippen LogP contribution in [0.1, 0.15) is 128 Å². The fourth-order valence-electron chi connectivity index (χ4n) is 5.65. The third-order valence-electron chi connectivity index (χ3n) is 8.48. The maximum atomic E-state index is 11.9. The van der Waals surface area contributed by atoms with Gasteiger partial charge in [0.2, 0.25) is 5.51 Å². The Bertz CT molecular complexity index is 1130. The number of alkyl carbamates (subject to hydrolysis) is 1. The van der Waals surface area contributed by atoms with Crippen molar-refractivity contribution in [3.8, 4) is 0 Å². The van der Waals surface area contributed by atoms with E-state index < -0.39 is 10.1 Å². The second-order valence-electron chi connectivity index (χ2n) is 12.7. The number of hydrogen-bond donors (Lipinski definition) is 1. The molecule has 1 aliphatic rings. The summed E-state index contributed by atoms with van der Waals surface area (Å²) < 4.78 is 44.6. The van der Waals surface area contributed by atoms with Crippen molar-refractivity contribution in [2.75, 3.05) is 19.8 Å². The van der Waals surface area contributed by atoms with Crippen molar-refractivity contribution < 1.29 is 31.8 Å². The Balaban J connectivity index is 0.000000562. The fourth-order valence-corrected chi connectivity index (χ4v) is 6.75. The molecule has 0 bridgehead atoms. The standard InChI is InChI=1S/C29H52N2O3S.C7H8O3S/c1-2-3-4-5-6-7-8-9-10-11-12-13-14-15-18-27-23-28(33-24-27)25-34-29(32)30-19-16-17-20-31-21-22-35-26-31;1-6-2-4-7(5-3-6)11(8,9)10/h21-22,26-28H,2-20,23-25H2,1H3;2-5H,1H3,(H,8,9,10). The highest BCUT2D eigenvalue weighted by Crippen LogP contribution is 2.25. The molecule has 262 valence electrons. The number of hydrogen-bond acceptors (Lipinski definition) is 7. The predicted octanol–water partition coefficient (Wildman–Crippen LogP) is 8.72. The molecule has 2 heterocycles. The van der Waals surface area contributed by atoms with E-state index in [-0.39, 0.29) is 17.1 Å². The van der Waals surface area contributed by atoms with Crippen LogP contribution in [0.3, 0.4) is 0 Å². The molecular formula is C36H60N2O6S2. The van der Waals surface area contributed by atoms with Crippen LogP contribution in [0.5, 0.6) is 0 Å². The van der Waals surface area contributed by atoms with Gasteiger partial charge in [-0.2, -0.15) is 4.57 Å². The molecule has 1 saturated heterocycles. The minimum Gasteiger partial charge on any atom is -0.744 e. The summed E-state index contributed by atoms with van der Waals surface area (Å²) in [5.74, 6) is 0.638. The maximum absolute atomic E-state index is 11.9. The second kappa shape index (κ2) is 25.1.